The fourth-order valence-corrected chi connectivity index (χ4v) is 4.50. The largest absolute Gasteiger partial charge is 0.456 e. The van der Waals surface area contributed by atoms with Crippen LogP contribution in [-0.2, 0) is 6.42 Å². The molecule has 2 heterocycles. The smallest absolute Gasteiger partial charge is 0.293 e. The molecule has 7 heteroatoms. The molecule has 0 unspecified atom stereocenters. The van der Waals surface area contributed by atoms with Gasteiger partial charge in [-0.2, -0.15) is 0 Å². The van der Waals surface area contributed by atoms with Gasteiger partial charge in [0.2, 0.25) is 5.13 Å². The third kappa shape index (κ3) is 4.34. The van der Waals surface area contributed by atoms with E-state index >= 15 is 0 Å². The predicted octanol–water partition coefficient (Wildman–Crippen LogP) is 5.01. The van der Waals surface area contributed by atoms with E-state index in [4.69, 9.17) is 4.42 Å². The van der Waals surface area contributed by atoms with Gasteiger partial charge in [-0.3, -0.25) is 10.1 Å². The summed E-state index contributed by atoms with van der Waals surface area (Å²) in [7, 11) is 0. The molecule has 5 nitrogen and oxygen atoms in total. The van der Waals surface area contributed by atoms with Gasteiger partial charge in [-0.05, 0) is 55.3 Å². The molecule has 3 aromatic rings. The highest BCUT2D eigenvalue weighted by Gasteiger charge is 2.15. The maximum atomic E-state index is 12.4. The third-order valence-electron chi connectivity index (χ3n) is 3.97. The van der Waals surface area contributed by atoms with Crippen molar-refractivity contribution in [1.29, 1.82) is 0 Å². The Morgan fingerprint density at radius 2 is 1.92 bits per heavy atom. The van der Waals surface area contributed by atoms with Crippen LogP contribution in [0.2, 0.25) is 0 Å². The molecule has 0 saturated carbocycles. The van der Waals surface area contributed by atoms with Crippen molar-refractivity contribution in [2.45, 2.75) is 38.5 Å². The first-order chi connectivity index (χ1) is 12.5. The van der Waals surface area contributed by atoms with Crippen LogP contribution >= 0.6 is 23.1 Å². The van der Waals surface area contributed by atoms with Crippen molar-refractivity contribution in [3.63, 3.8) is 0 Å². The van der Waals surface area contributed by atoms with Crippen LogP contribution in [0.3, 0.4) is 0 Å². The summed E-state index contributed by atoms with van der Waals surface area (Å²) >= 11 is 2.96. The zero-order valence-electron chi connectivity index (χ0n) is 15.3. The van der Waals surface area contributed by atoms with Crippen molar-refractivity contribution in [3.05, 3.63) is 58.0 Å². The predicted molar refractivity (Wildman–Crippen MR) is 106 cm³/mol. The van der Waals surface area contributed by atoms with Crippen molar-refractivity contribution in [2.75, 3.05) is 11.1 Å². The minimum absolute atomic E-state index is 0.280. The van der Waals surface area contributed by atoms with Crippen molar-refractivity contribution < 1.29 is 9.21 Å². The maximum Gasteiger partial charge on any atom is 0.293 e. The van der Waals surface area contributed by atoms with Gasteiger partial charge in [0.25, 0.3) is 5.91 Å². The topological polar surface area (TPSA) is 68.0 Å². The number of rotatable bonds is 6. The van der Waals surface area contributed by atoms with Crippen LogP contribution in [-0.4, -0.2) is 21.9 Å². The molecule has 0 atom stereocenters. The van der Waals surface area contributed by atoms with Gasteiger partial charge in [-0.15, -0.1) is 10.2 Å². The van der Waals surface area contributed by atoms with E-state index in [0.717, 1.165) is 15.9 Å². The van der Waals surface area contributed by atoms with Crippen LogP contribution in [0, 0.1) is 20.8 Å². The van der Waals surface area contributed by atoms with E-state index in [1.165, 1.54) is 33.6 Å². The number of carbonyl (C=O) groups excluding carboxylic acids is 1. The lowest BCUT2D eigenvalue weighted by atomic mass is 9.97. The number of aryl methyl sites for hydroxylation is 3. The number of anilines is 1. The molecule has 0 aliphatic rings. The van der Waals surface area contributed by atoms with Crippen LogP contribution < -0.4 is 5.32 Å². The Morgan fingerprint density at radius 1 is 1.19 bits per heavy atom. The van der Waals surface area contributed by atoms with E-state index in [9.17, 15) is 4.79 Å². The number of hydrogen-bond donors (Lipinski definition) is 1. The maximum absolute atomic E-state index is 12.4. The molecule has 0 radical (unpaired) electrons. The van der Waals surface area contributed by atoms with Gasteiger partial charge < -0.3 is 4.42 Å². The van der Waals surface area contributed by atoms with E-state index in [1.807, 2.05) is 13.0 Å². The molecule has 0 fully saturated rings. The Labute approximate surface area is 161 Å². The molecule has 1 amide bonds. The van der Waals surface area contributed by atoms with Gasteiger partial charge >= 0.3 is 0 Å². The standard InChI is InChI=1S/C19H21N3O2S2/c1-5-25-19-22-21-18(26-19)20-17(23)16-7-6-14(24-16)10-15-12(3)8-11(2)9-13(15)4/h6-9H,5,10H2,1-4H3,(H,20,21,23). The summed E-state index contributed by atoms with van der Waals surface area (Å²) in [5.74, 6) is 1.66. The average Bonchev–Trinajstić information content (AvgIpc) is 3.21. The van der Waals surface area contributed by atoms with Gasteiger partial charge in [0, 0.05) is 6.42 Å². The molecule has 136 valence electrons. The number of nitrogens with zero attached hydrogens (tertiary/aromatic N) is 2. The summed E-state index contributed by atoms with van der Waals surface area (Å²) in [4.78, 5) is 12.4. The van der Waals surface area contributed by atoms with Gasteiger partial charge in [0.15, 0.2) is 10.1 Å². The quantitative estimate of drug-likeness (QED) is 0.475. The van der Waals surface area contributed by atoms with E-state index < -0.39 is 0 Å². The summed E-state index contributed by atoms with van der Waals surface area (Å²) in [5, 5.41) is 11.2. The third-order valence-corrected chi connectivity index (χ3v) is 5.83. The lowest BCUT2D eigenvalue weighted by molar-refractivity contribution is 0.0995. The normalized spacial score (nSPS) is 10.9. The molecule has 0 aliphatic carbocycles. The van der Waals surface area contributed by atoms with E-state index in [2.05, 4.69) is 48.4 Å². The molecule has 2 aromatic heterocycles. The molecule has 3 rings (SSSR count). The Balaban J connectivity index is 1.70. The van der Waals surface area contributed by atoms with E-state index in [1.54, 1.807) is 17.8 Å². The van der Waals surface area contributed by atoms with Gasteiger partial charge in [0.1, 0.15) is 5.76 Å². The molecular formula is C19H21N3O2S2. The van der Waals surface area contributed by atoms with Crippen LogP contribution in [0.25, 0.3) is 0 Å². The second-order valence-corrected chi connectivity index (χ2v) is 8.57. The Morgan fingerprint density at radius 3 is 2.62 bits per heavy atom. The lowest BCUT2D eigenvalue weighted by Gasteiger charge is -2.09. The lowest BCUT2D eigenvalue weighted by Crippen LogP contribution is -2.10. The monoisotopic (exact) mass is 387 g/mol. The van der Waals surface area contributed by atoms with Crippen LogP contribution in [0.1, 0.15) is 45.5 Å². The number of furan rings is 1. The Kier molecular flexibility index (Phi) is 5.78. The summed E-state index contributed by atoms with van der Waals surface area (Å²) in [6.45, 7) is 8.35. The zero-order chi connectivity index (χ0) is 18.7. The number of thioether (sulfide) groups is 1. The highest BCUT2D eigenvalue weighted by Crippen LogP contribution is 2.26. The average molecular weight is 388 g/mol. The Bertz CT molecular complexity index is 908. The van der Waals surface area contributed by atoms with Crippen molar-refractivity contribution in [3.8, 4) is 0 Å². The van der Waals surface area contributed by atoms with E-state index in [0.29, 0.717) is 11.6 Å². The molecule has 0 bridgehead atoms. The minimum Gasteiger partial charge on any atom is -0.456 e. The molecule has 0 aliphatic heterocycles. The number of benzene rings is 1. The summed E-state index contributed by atoms with van der Waals surface area (Å²) < 4.78 is 6.60. The fourth-order valence-electron chi connectivity index (χ4n) is 2.86. The summed E-state index contributed by atoms with van der Waals surface area (Å²) in [5.41, 5.74) is 4.96. The van der Waals surface area contributed by atoms with Crippen molar-refractivity contribution >= 4 is 34.1 Å². The molecule has 1 N–H and O–H groups in total. The summed E-state index contributed by atoms with van der Waals surface area (Å²) in [6.07, 6.45) is 0.668. The SMILES string of the molecule is CCSc1nnc(NC(=O)c2ccc(Cc3c(C)cc(C)cc3C)o2)s1. The molecule has 0 saturated heterocycles. The first-order valence-corrected chi connectivity index (χ1v) is 10.2. The molecular weight excluding hydrogens is 366 g/mol. The van der Waals surface area contributed by atoms with E-state index in [-0.39, 0.29) is 11.7 Å². The number of nitrogens with one attached hydrogen (secondary N) is 1. The first kappa shape index (κ1) is 18.7. The van der Waals surface area contributed by atoms with Gasteiger partial charge in [-0.25, -0.2) is 0 Å². The number of aromatic nitrogens is 2. The zero-order valence-corrected chi connectivity index (χ0v) is 16.9. The summed E-state index contributed by atoms with van der Waals surface area (Å²) in [6, 6.07) is 7.89. The van der Waals surface area contributed by atoms with Crippen LogP contribution in [0.15, 0.2) is 33.0 Å². The van der Waals surface area contributed by atoms with Crippen LogP contribution in [0.5, 0.6) is 0 Å². The number of carbonyl (C=O) groups is 1. The number of amides is 1. The minimum atomic E-state index is -0.308. The molecule has 1 aromatic carbocycles. The fraction of sp³-hybridized carbons (Fsp3) is 0.316. The Hall–Kier alpha value is -2.12. The van der Waals surface area contributed by atoms with Crippen LogP contribution in [0.4, 0.5) is 5.13 Å². The molecule has 26 heavy (non-hydrogen) atoms. The van der Waals surface area contributed by atoms with Gasteiger partial charge in [0.05, 0.1) is 0 Å². The van der Waals surface area contributed by atoms with Crippen molar-refractivity contribution in [2.24, 2.45) is 0 Å². The molecule has 0 spiro atoms. The second-order valence-electron chi connectivity index (χ2n) is 6.08. The van der Waals surface area contributed by atoms with Gasteiger partial charge in [-0.1, -0.05) is 47.7 Å². The number of hydrogen-bond acceptors (Lipinski definition) is 6. The second kappa shape index (κ2) is 8.05. The highest BCUT2D eigenvalue weighted by molar-refractivity contribution is 8.01. The van der Waals surface area contributed by atoms with Crippen molar-refractivity contribution in [1.82, 2.24) is 10.2 Å². The highest BCUT2D eigenvalue weighted by atomic mass is 32.2. The first-order valence-electron chi connectivity index (χ1n) is 8.39.